The number of hydrogen-bond acceptors (Lipinski definition) is 2. The fourth-order valence-electron chi connectivity index (χ4n) is 4.99. The summed E-state index contributed by atoms with van der Waals surface area (Å²) in [5.41, 5.74) is 6.64. The van der Waals surface area contributed by atoms with E-state index in [-0.39, 0.29) is 5.16 Å². The molecular formula is C31H40NOP. The lowest BCUT2D eigenvalue weighted by Gasteiger charge is -2.33. The van der Waals surface area contributed by atoms with Crippen molar-refractivity contribution in [3.63, 3.8) is 0 Å². The van der Waals surface area contributed by atoms with E-state index in [9.17, 15) is 0 Å². The van der Waals surface area contributed by atoms with Crippen LogP contribution in [0.4, 0.5) is 0 Å². The van der Waals surface area contributed by atoms with Crippen LogP contribution in [0, 0.1) is 13.8 Å². The molecule has 1 aliphatic rings. The van der Waals surface area contributed by atoms with E-state index in [0.29, 0.717) is 15.2 Å². The number of rotatable bonds is 9. The van der Waals surface area contributed by atoms with Gasteiger partial charge in [-0.15, -0.1) is 0 Å². The van der Waals surface area contributed by atoms with E-state index in [1.54, 1.807) is 0 Å². The van der Waals surface area contributed by atoms with E-state index in [1.807, 2.05) is 0 Å². The van der Waals surface area contributed by atoms with Gasteiger partial charge in [-0.25, -0.2) is 0 Å². The van der Waals surface area contributed by atoms with Gasteiger partial charge in [-0.05, 0) is 68.2 Å². The van der Waals surface area contributed by atoms with Crippen molar-refractivity contribution in [2.24, 2.45) is 0 Å². The molecule has 0 saturated carbocycles. The molecule has 0 spiro atoms. The first kappa shape index (κ1) is 25.0. The summed E-state index contributed by atoms with van der Waals surface area (Å²) in [6.07, 6.45) is 5.13. The molecule has 1 heterocycles. The molecule has 2 atom stereocenters. The molecule has 1 aliphatic heterocycles. The fourth-order valence-corrected chi connectivity index (χ4v) is 6.57. The van der Waals surface area contributed by atoms with Gasteiger partial charge in [0.05, 0.1) is 0 Å². The monoisotopic (exact) mass is 473 g/mol. The van der Waals surface area contributed by atoms with Crippen LogP contribution < -0.4 is 10.0 Å². The third-order valence-electron chi connectivity index (χ3n) is 7.25. The Hall–Kier alpha value is -2.15. The van der Waals surface area contributed by atoms with Gasteiger partial charge in [-0.1, -0.05) is 101 Å². The van der Waals surface area contributed by atoms with Crippen LogP contribution in [-0.4, -0.2) is 18.0 Å². The number of para-hydroxylation sites is 1. The smallest absolute Gasteiger partial charge is 0.126 e. The highest BCUT2D eigenvalue weighted by Crippen LogP contribution is 2.48. The van der Waals surface area contributed by atoms with Crippen molar-refractivity contribution in [2.75, 3.05) is 13.1 Å². The second-order valence-electron chi connectivity index (χ2n) is 10.0. The van der Waals surface area contributed by atoms with Crippen molar-refractivity contribution in [1.82, 2.24) is 4.90 Å². The highest BCUT2D eigenvalue weighted by Gasteiger charge is 2.30. The Morgan fingerprint density at radius 3 is 2.41 bits per heavy atom. The Morgan fingerprint density at radius 2 is 1.68 bits per heavy atom. The fraction of sp³-hybridized carbons (Fsp3) is 0.419. The average Bonchev–Trinajstić information content (AvgIpc) is 2.86. The zero-order valence-corrected chi connectivity index (χ0v) is 22.4. The first-order valence-electron chi connectivity index (χ1n) is 12.9. The van der Waals surface area contributed by atoms with Crippen LogP contribution in [0.15, 0.2) is 66.7 Å². The predicted octanol–water partition coefficient (Wildman–Crippen LogP) is 7.50. The zero-order chi connectivity index (χ0) is 24.0. The Labute approximate surface area is 208 Å². The molecule has 1 fully saturated rings. The van der Waals surface area contributed by atoms with Gasteiger partial charge in [-0.2, -0.15) is 0 Å². The van der Waals surface area contributed by atoms with E-state index in [0.717, 1.165) is 18.7 Å². The molecule has 3 heteroatoms. The van der Waals surface area contributed by atoms with Gasteiger partial charge in [0.2, 0.25) is 0 Å². The average molecular weight is 474 g/mol. The van der Waals surface area contributed by atoms with Gasteiger partial charge in [-0.3, -0.25) is 4.90 Å². The van der Waals surface area contributed by atoms with E-state index in [4.69, 9.17) is 4.74 Å². The maximum Gasteiger partial charge on any atom is 0.126 e. The van der Waals surface area contributed by atoms with Gasteiger partial charge in [0.25, 0.3) is 0 Å². The number of benzene rings is 3. The molecule has 0 bridgehead atoms. The highest BCUT2D eigenvalue weighted by atomic mass is 31.1. The lowest BCUT2D eigenvalue weighted by atomic mass is 9.94. The minimum atomic E-state index is 0.0317. The van der Waals surface area contributed by atoms with Crippen LogP contribution >= 0.6 is 8.58 Å². The van der Waals surface area contributed by atoms with Gasteiger partial charge in [0.1, 0.15) is 12.4 Å². The van der Waals surface area contributed by atoms with Gasteiger partial charge in [0.15, 0.2) is 0 Å². The molecular weight excluding hydrogens is 433 g/mol. The van der Waals surface area contributed by atoms with Crippen LogP contribution in [0.2, 0.25) is 0 Å². The molecule has 3 aromatic rings. The second-order valence-corrected chi connectivity index (χ2v) is 11.9. The SMILES string of the molecule is CCC(C)(Pc1ccc(C)cc1CN1CCCCC1)c1cccc(C)c1OCc1ccccc1. The maximum absolute atomic E-state index is 6.51. The van der Waals surface area contributed by atoms with Gasteiger partial charge in [0, 0.05) is 17.3 Å². The lowest BCUT2D eigenvalue weighted by molar-refractivity contribution is 0.221. The van der Waals surface area contributed by atoms with Gasteiger partial charge < -0.3 is 4.74 Å². The largest absolute Gasteiger partial charge is 0.488 e. The molecule has 0 aliphatic carbocycles. The predicted molar refractivity (Wildman–Crippen MR) is 148 cm³/mol. The van der Waals surface area contributed by atoms with Crippen molar-refractivity contribution in [3.05, 3.63) is 94.5 Å². The molecule has 34 heavy (non-hydrogen) atoms. The summed E-state index contributed by atoms with van der Waals surface area (Å²) in [6.45, 7) is 13.3. The molecule has 3 aromatic carbocycles. The number of hydrogen-bond donors (Lipinski definition) is 0. The summed E-state index contributed by atoms with van der Waals surface area (Å²) >= 11 is 0. The molecule has 0 radical (unpaired) electrons. The van der Waals surface area contributed by atoms with E-state index >= 15 is 0 Å². The Kier molecular flexibility index (Phi) is 8.46. The summed E-state index contributed by atoms with van der Waals surface area (Å²) in [5, 5.41) is 1.54. The molecule has 180 valence electrons. The highest BCUT2D eigenvalue weighted by molar-refractivity contribution is 7.48. The maximum atomic E-state index is 6.51. The molecule has 2 nitrogen and oxygen atoms in total. The number of ether oxygens (including phenoxy) is 1. The minimum Gasteiger partial charge on any atom is -0.488 e. The number of likely N-dealkylation sites (tertiary alicyclic amines) is 1. The van der Waals surface area contributed by atoms with Crippen molar-refractivity contribution in [1.29, 1.82) is 0 Å². The van der Waals surface area contributed by atoms with E-state index < -0.39 is 0 Å². The van der Waals surface area contributed by atoms with Crippen LogP contribution in [0.5, 0.6) is 5.75 Å². The Bertz CT molecular complexity index is 1070. The van der Waals surface area contributed by atoms with Crippen LogP contribution in [0.3, 0.4) is 0 Å². The van der Waals surface area contributed by atoms with Crippen molar-refractivity contribution in [3.8, 4) is 5.75 Å². The van der Waals surface area contributed by atoms with E-state index in [2.05, 4.69) is 99.3 Å². The molecule has 0 amide bonds. The number of nitrogens with zero attached hydrogens (tertiary/aromatic N) is 1. The number of aryl methyl sites for hydroxylation is 2. The zero-order valence-electron chi connectivity index (χ0n) is 21.4. The van der Waals surface area contributed by atoms with Crippen LogP contribution in [-0.2, 0) is 18.3 Å². The first-order chi connectivity index (χ1) is 16.5. The van der Waals surface area contributed by atoms with Crippen LogP contribution in [0.1, 0.15) is 67.3 Å². The molecule has 2 unspecified atom stereocenters. The Morgan fingerprint density at radius 1 is 0.912 bits per heavy atom. The molecule has 0 N–H and O–H groups in total. The normalized spacial score (nSPS) is 16.6. The second kappa shape index (κ2) is 11.5. The van der Waals surface area contributed by atoms with Crippen molar-refractivity contribution in [2.45, 2.75) is 71.7 Å². The third-order valence-corrected chi connectivity index (χ3v) is 9.19. The molecule has 0 aromatic heterocycles. The van der Waals surface area contributed by atoms with Crippen LogP contribution in [0.25, 0.3) is 0 Å². The summed E-state index contributed by atoms with van der Waals surface area (Å²) < 4.78 is 6.51. The first-order valence-corrected chi connectivity index (χ1v) is 13.9. The quantitative estimate of drug-likeness (QED) is 0.298. The van der Waals surface area contributed by atoms with Gasteiger partial charge >= 0.3 is 0 Å². The van der Waals surface area contributed by atoms with Crippen molar-refractivity contribution >= 4 is 13.9 Å². The Balaban J connectivity index is 1.62. The third kappa shape index (κ3) is 6.09. The lowest BCUT2D eigenvalue weighted by Crippen LogP contribution is -2.31. The summed E-state index contributed by atoms with van der Waals surface area (Å²) in [6, 6.07) is 24.3. The summed E-state index contributed by atoms with van der Waals surface area (Å²) in [4.78, 5) is 2.65. The number of piperidine rings is 1. The van der Waals surface area contributed by atoms with E-state index in [1.165, 1.54) is 65.5 Å². The molecule has 4 rings (SSSR count). The summed E-state index contributed by atoms with van der Waals surface area (Å²) in [7, 11) is 0.699. The topological polar surface area (TPSA) is 12.5 Å². The minimum absolute atomic E-state index is 0.0317. The standard InChI is InChI=1S/C31H40NOP/c1-5-31(4,28-16-12-13-25(3)30(28)33-23-26-14-8-6-9-15-26)34-29-18-17-24(2)21-27(29)22-32-19-10-7-11-20-32/h6,8-9,12-18,21,34H,5,7,10-11,19-20,22-23H2,1-4H3. The molecule has 1 saturated heterocycles. The van der Waals surface area contributed by atoms with Crippen molar-refractivity contribution < 1.29 is 4.74 Å². The summed E-state index contributed by atoms with van der Waals surface area (Å²) in [5.74, 6) is 1.06.